The average Bonchev–Trinajstić information content (AvgIpc) is 2.76. The second kappa shape index (κ2) is 8.06. The number of nitrogens with two attached hydrogens (primary N) is 1. The van der Waals surface area contributed by atoms with E-state index in [0.717, 1.165) is 42.8 Å². The molecular formula is C16H29N5OS. The van der Waals surface area contributed by atoms with Crippen LogP contribution in [-0.4, -0.2) is 38.2 Å². The summed E-state index contributed by atoms with van der Waals surface area (Å²) < 4.78 is 4.72. The summed E-state index contributed by atoms with van der Waals surface area (Å²) >= 11 is 5.62. The first-order valence-corrected chi connectivity index (χ1v) is 8.94. The third-order valence-electron chi connectivity index (χ3n) is 4.35. The third kappa shape index (κ3) is 5.14. The largest absolute Gasteiger partial charge is 0.370 e. The number of carbonyl (C=O) groups is 1. The molecule has 0 bridgehead atoms. The number of likely N-dealkylation sites (tertiary alicyclic amines) is 1. The highest BCUT2D eigenvalue weighted by molar-refractivity contribution is 7.71. The SMILES string of the molecule is CC(C)Cn1c(CCC(N)=O)nn(CN2CCC(C)CC2)c1=S. The van der Waals surface area contributed by atoms with E-state index in [1.165, 1.54) is 12.8 Å². The molecule has 0 aliphatic carbocycles. The molecular weight excluding hydrogens is 310 g/mol. The van der Waals surface area contributed by atoms with Gasteiger partial charge in [-0.05, 0) is 36.9 Å². The highest BCUT2D eigenvalue weighted by Crippen LogP contribution is 2.17. The highest BCUT2D eigenvalue weighted by atomic mass is 32.1. The number of carbonyl (C=O) groups excluding carboxylic acids is 1. The summed E-state index contributed by atoms with van der Waals surface area (Å²) in [5.74, 6) is 1.85. The summed E-state index contributed by atoms with van der Waals surface area (Å²) in [4.78, 5) is 13.5. The van der Waals surface area contributed by atoms with Crippen LogP contribution in [0, 0.1) is 16.6 Å². The molecule has 0 radical (unpaired) electrons. The van der Waals surface area contributed by atoms with Gasteiger partial charge in [0, 0.05) is 32.5 Å². The second-order valence-electron chi connectivity index (χ2n) is 7.11. The Morgan fingerprint density at radius 3 is 2.61 bits per heavy atom. The number of primary amides is 1. The lowest BCUT2D eigenvalue weighted by atomic mass is 10.00. The molecule has 1 aromatic rings. The van der Waals surface area contributed by atoms with Gasteiger partial charge in [0.1, 0.15) is 5.82 Å². The molecule has 0 spiro atoms. The Balaban J connectivity index is 2.15. The third-order valence-corrected chi connectivity index (χ3v) is 4.78. The first kappa shape index (κ1) is 18.1. The van der Waals surface area contributed by atoms with Crippen LogP contribution in [0.2, 0.25) is 0 Å². The molecule has 1 aliphatic heterocycles. The number of hydrogen-bond acceptors (Lipinski definition) is 4. The smallest absolute Gasteiger partial charge is 0.217 e. The quantitative estimate of drug-likeness (QED) is 0.773. The van der Waals surface area contributed by atoms with E-state index < -0.39 is 0 Å². The lowest BCUT2D eigenvalue weighted by molar-refractivity contribution is -0.118. The van der Waals surface area contributed by atoms with Gasteiger partial charge >= 0.3 is 0 Å². The van der Waals surface area contributed by atoms with Crippen molar-refractivity contribution in [3.8, 4) is 0 Å². The predicted octanol–water partition coefficient (Wildman–Crippen LogP) is 2.18. The number of hydrogen-bond donors (Lipinski definition) is 1. The first-order chi connectivity index (χ1) is 10.9. The van der Waals surface area contributed by atoms with Gasteiger partial charge in [0.15, 0.2) is 4.77 Å². The van der Waals surface area contributed by atoms with Gasteiger partial charge in [-0.3, -0.25) is 9.69 Å². The maximum atomic E-state index is 11.1. The van der Waals surface area contributed by atoms with E-state index in [1.54, 1.807) is 0 Å². The van der Waals surface area contributed by atoms with E-state index in [2.05, 4.69) is 35.3 Å². The van der Waals surface area contributed by atoms with Gasteiger partial charge < -0.3 is 10.3 Å². The van der Waals surface area contributed by atoms with Crippen molar-refractivity contribution in [1.82, 2.24) is 19.2 Å². The van der Waals surface area contributed by atoms with E-state index in [4.69, 9.17) is 18.0 Å². The van der Waals surface area contributed by atoms with Crippen LogP contribution in [0.25, 0.3) is 0 Å². The van der Waals surface area contributed by atoms with Gasteiger partial charge in [0.05, 0.1) is 6.67 Å². The zero-order chi connectivity index (χ0) is 17.0. The fourth-order valence-corrected chi connectivity index (χ4v) is 3.22. The Bertz CT molecular complexity index is 584. The zero-order valence-electron chi connectivity index (χ0n) is 14.5. The van der Waals surface area contributed by atoms with Crippen molar-refractivity contribution in [3.63, 3.8) is 0 Å². The first-order valence-electron chi connectivity index (χ1n) is 8.54. The van der Waals surface area contributed by atoms with Crippen LogP contribution in [0.5, 0.6) is 0 Å². The minimum atomic E-state index is -0.299. The van der Waals surface area contributed by atoms with Crippen LogP contribution in [0.15, 0.2) is 0 Å². The average molecular weight is 340 g/mol. The van der Waals surface area contributed by atoms with Crippen LogP contribution >= 0.6 is 12.2 Å². The van der Waals surface area contributed by atoms with Crippen molar-refractivity contribution in [2.24, 2.45) is 17.6 Å². The minimum Gasteiger partial charge on any atom is -0.370 e. The molecule has 2 rings (SSSR count). The normalized spacial score (nSPS) is 17.0. The van der Waals surface area contributed by atoms with Crippen molar-refractivity contribution < 1.29 is 4.79 Å². The Morgan fingerprint density at radius 1 is 1.39 bits per heavy atom. The molecule has 7 heteroatoms. The molecule has 2 heterocycles. The number of aryl methyl sites for hydroxylation is 1. The Morgan fingerprint density at radius 2 is 2.04 bits per heavy atom. The Kier molecular flexibility index (Phi) is 6.35. The molecule has 0 atom stereocenters. The minimum absolute atomic E-state index is 0.299. The number of amides is 1. The standard InChI is InChI=1S/C16H29N5OS/c1-12(2)10-20-15(5-4-14(17)22)18-21(16(20)23)11-19-8-6-13(3)7-9-19/h12-13H,4-11H2,1-3H3,(H2,17,22). The summed E-state index contributed by atoms with van der Waals surface area (Å²) in [5, 5.41) is 4.67. The molecule has 1 aliphatic rings. The van der Waals surface area contributed by atoms with Crippen LogP contribution in [-0.2, 0) is 24.4 Å². The van der Waals surface area contributed by atoms with E-state index in [1.807, 2.05) is 4.68 Å². The molecule has 1 amide bonds. The van der Waals surface area contributed by atoms with E-state index in [-0.39, 0.29) is 5.91 Å². The number of rotatable bonds is 7. The molecule has 130 valence electrons. The molecule has 6 nitrogen and oxygen atoms in total. The fraction of sp³-hybridized carbons (Fsp3) is 0.812. The maximum Gasteiger partial charge on any atom is 0.217 e. The predicted molar refractivity (Wildman–Crippen MR) is 93.4 cm³/mol. The number of nitrogens with zero attached hydrogens (tertiary/aromatic N) is 4. The van der Waals surface area contributed by atoms with Gasteiger partial charge in [-0.15, -0.1) is 0 Å². The van der Waals surface area contributed by atoms with E-state index >= 15 is 0 Å². The van der Waals surface area contributed by atoms with Crippen molar-refractivity contribution in [1.29, 1.82) is 0 Å². The molecule has 1 fully saturated rings. The number of piperidine rings is 1. The second-order valence-corrected chi connectivity index (χ2v) is 7.48. The van der Waals surface area contributed by atoms with Crippen LogP contribution in [0.3, 0.4) is 0 Å². The van der Waals surface area contributed by atoms with E-state index in [9.17, 15) is 4.79 Å². The van der Waals surface area contributed by atoms with Gasteiger partial charge in [0.25, 0.3) is 0 Å². The summed E-state index contributed by atoms with van der Waals surface area (Å²) in [6.45, 7) is 10.4. The van der Waals surface area contributed by atoms with Gasteiger partial charge in [-0.1, -0.05) is 20.8 Å². The summed E-state index contributed by atoms with van der Waals surface area (Å²) in [5.41, 5.74) is 5.28. The molecule has 1 saturated heterocycles. The summed E-state index contributed by atoms with van der Waals surface area (Å²) in [6.07, 6.45) is 3.32. The molecule has 0 unspecified atom stereocenters. The number of aromatic nitrogens is 3. The zero-order valence-corrected chi connectivity index (χ0v) is 15.3. The van der Waals surface area contributed by atoms with Crippen molar-refractivity contribution >= 4 is 18.1 Å². The lowest BCUT2D eigenvalue weighted by Crippen LogP contribution is -2.34. The van der Waals surface area contributed by atoms with E-state index in [0.29, 0.717) is 18.8 Å². The van der Waals surface area contributed by atoms with Crippen LogP contribution < -0.4 is 5.73 Å². The van der Waals surface area contributed by atoms with Gasteiger partial charge in [0.2, 0.25) is 5.91 Å². The maximum absolute atomic E-state index is 11.1. The van der Waals surface area contributed by atoms with Crippen molar-refractivity contribution in [2.75, 3.05) is 13.1 Å². The Labute approximate surface area is 143 Å². The molecule has 0 saturated carbocycles. The summed E-state index contributed by atoms with van der Waals surface area (Å²) in [6, 6.07) is 0. The molecule has 2 N–H and O–H groups in total. The van der Waals surface area contributed by atoms with Crippen molar-refractivity contribution in [3.05, 3.63) is 10.6 Å². The van der Waals surface area contributed by atoms with Crippen LogP contribution in [0.1, 0.15) is 45.9 Å². The van der Waals surface area contributed by atoms with Gasteiger partial charge in [-0.25, -0.2) is 4.68 Å². The van der Waals surface area contributed by atoms with Crippen molar-refractivity contribution in [2.45, 2.75) is 59.7 Å². The van der Waals surface area contributed by atoms with Gasteiger partial charge in [-0.2, -0.15) is 5.10 Å². The Hall–Kier alpha value is -1.21. The lowest BCUT2D eigenvalue weighted by Gasteiger charge is -2.29. The highest BCUT2D eigenvalue weighted by Gasteiger charge is 2.18. The molecule has 1 aromatic heterocycles. The topological polar surface area (TPSA) is 69.1 Å². The monoisotopic (exact) mass is 339 g/mol. The summed E-state index contributed by atoms with van der Waals surface area (Å²) in [7, 11) is 0. The molecule has 23 heavy (non-hydrogen) atoms. The molecule has 0 aromatic carbocycles. The van der Waals surface area contributed by atoms with Crippen LogP contribution in [0.4, 0.5) is 0 Å². The fourth-order valence-electron chi connectivity index (χ4n) is 2.94.